The SMILES string of the molecule is CC(OCC1=CN([C@H]2CC(O[Si](C)(C)C(C)(C)C)[C@@H](CO[Si](C)(C)C(C)(C)C)O2)C(=O)NC1OS(=O)O)c1ccccc1[N+](=O)[O-]. The van der Waals surface area contributed by atoms with Crippen LogP contribution in [-0.4, -0.2) is 79.1 Å². The Balaban J connectivity index is 1.89. The van der Waals surface area contributed by atoms with Gasteiger partial charge in [0.1, 0.15) is 12.3 Å². The molecule has 2 heterocycles. The van der Waals surface area contributed by atoms with Gasteiger partial charge in [-0.2, -0.15) is 4.21 Å². The molecule has 0 spiro atoms. The maximum absolute atomic E-state index is 13.4. The second kappa shape index (κ2) is 14.6. The second-order valence-electron chi connectivity index (χ2n) is 14.9. The van der Waals surface area contributed by atoms with Gasteiger partial charge in [0.25, 0.3) is 5.69 Å². The summed E-state index contributed by atoms with van der Waals surface area (Å²) >= 11 is -2.70. The fourth-order valence-electron chi connectivity index (χ4n) is 4.60. The van der Waals surface area contributed by atoms with Gasteiger partial charge in [0, 0.05) is 24.3 Å². The quantitative estimate of drug-likeness (QED) is 0.0995. The normalized spacial score (nSPS) is 24.4. The molecule has 2 aliphatic heterocycles. The van der Waals surface area contributed by atoms with Crippen molar-refractivity contribution in [2.24, 2.45) is 0 Å². The second-order valence-corrected chi connectivity index (χ2v) is 25.1. The molecule has 16 heteroatoms. The molecule has 1 aromatic rings. The van der Waals surface area contributed by atoms with Crippen LogP contribution in [-0.2, 0) is 33.9 Å². The number of para-hydroxylation sites is 1. The Bertz CT molecular complexity index is 1310. The first-order valence-corrected chi connectivity index (χ1v) is 22.3. The first kappa shape index (κ1) is 38.4. The minimum Gasteiger partial charge on any atom is -0.414 e. The molecule has 0 aliphatic carbocycles. The van der Waals surface area contributed by atoms with Crippen molar-refractivity contribution in [3.63, 3.8) is 0 Å². The van der Waals surface area contributed by atoms with E-state index in [4.69, 9.17) is 22.5 Å². The number of nitrogens with zero attached hydrogens (tertiary/aromatic N) is 2. The number of nitrogens with one attached hydrogen (secondary N) is 1. The van der Waals surface area contributed by atoms with Crippen LogP contribution < -0.4 is 5.32 Å². The first-order chi connectivity index (χ1) is 21.0. The minimum atomic E-state index is -2.70. The van der Waals surface area contributed by atoms with E-state index >= 15 is 0 Å². The summed E-state index contributed by atoms with van der Waals surface area (Å²) in [7, 11) is -4.37. The molecule has 46 heavy (non-hydrogen) atoms. The summed E-state index contributed by atoms with van der Waals surface area (Å²) in [5.41, 5.74) is 0.589. The number of hydrogen-bond donors (Lipinski definition) is 2. The van der Waals surface area contributed by atoms with Crippen molar-refractivity contribution in [1.29, 1.82) is 0 Å². The van der Waals surface area contributed by atoms with Gasteiger partial charge in [0.2, 0.25) is 0 Å². The van der Waals surface area contributed by atoms with Crippen molar-refractivity contribution in [1.82, 2.24) is 10.2 Å². The highest BCUT2D eigenvalue weighted by Crippen LogP contribution is 2.42. The van der Waals surface area contributed by atoms with Crippen molar-refractivity contribution >= 4 is 39.7 Å². The number of amides is 2. The lowest BCUT2D eigenvalue weighted by Gasteiger charge is -2.40. The number of urea groups is 1. The molecule has 2 amide bonds. The number of carbonyl (C=O) groups is 1. The number of nitro benzene ring substituents is 1. The highest BCUT2D eigenvalue weighted by Gasteiger charge is 2.48. The summed E-state index contributed by atoms with van der Waals surface area (Å²) in [5, 5.41) is 14.1. The fourth-order valence-corrected chi connectivity index (χ4v) is 7.30. The third-order valence-electron chi connectivity index (χ3n) is 9.54. The van der Waals surface area contributed by atoms with E-state index in [9.17, 15) is 23.7 Å². The van der Waals surface area contributed by atoms with Gasteiger partial charge in [-0.15, -0.1) is 0 Å². The molecule has 4 unspecified atom stereocenters. The molecule has 3 rings (SSSR count). The molecule has 1 aromatic carbocycles. The molecule has 0 aromatic heterocycles. The molecule has 6 atom stereocenters. The lowest BCUT2D eigenvalue weighted by molar-refractivity contribution is -0.386. The number of hydrogen-bond acceptors (Lipinski definition) is 9. The Labute approximate surface area is 277 Å². The van der Waals surface area contributed by atoms with E-state index in [-0.39, 0.29) is 28.5 Å². The van der Waals surface area contributed by atoms with Gasteiger partial charge < -0.3 is 23.6 Å². The van der Waals surface area contributed by atoms with Crippen LogP contribution in [0.3, 0.4) is 0 Å². The van der Waals surface area contributed by atoms with Gasteiger partial charge in [0.15, 0.2) is 22.9 Å². The van der Waals surface area contributed by atoms with E-state index in [0.29, 0.717) is 24.2 Å². The molecule has 0 saturated carbocycles. The van der Waals surface area contributed by atoms with Crippen LogP contribution in [0.4, 0.5) is 10.5 Å². The molecule has 13 nitrogen and oxygen atoms in total. The molecule has 0 bridgehead atoms. The molecule has 0 radical (unpaired) electrons. The van der Waals surface area contributed by atoms with Crippen LogP contribution >= 0.6 is 0 Å². The predicted molar refractivity (Wildman–Crippen MR) is 180 cm³/mol. The minimum absolute atomic E-state index is 0.00962. The summed E-state index contributed by atoms with van der Waals surface area (Å²) in [5.74, 6) is 0. The smallest absolute Gasteiger partial charge is 0.325 e. The lowest BCUT2D eigenvalue weighted by atomic mass is 10.1. The molecule has 1 saturated heterocycles. The van der Waals surface area contributed by atoms with Gasteiger partial charge in [-0.05, 0) is 49.3 Å². The Morgan fingerprint density at radius 3 is 2.30 bits per heavy atom. The number of carbonyl (C=O) groups excluding carboxylic acids is 1. The summed E-state index contributed by atoms with van der Waals surface area (Å²) in [6, 6.07) is 5.65. The largest absolute Gasteiger partial charge is 0.414 e. The third-order valence-corrected chi connectivity index (χ3v) is 18.9. The lowest BCUT2D eigenvalue weighted by Crippen LogP contribution is -2.53. The average Bonchev–Trinajstić information content (AvgIpc) is 3.31. The zero-order valence-electron chi connectivity index (χ0n) is 28.8. The molecule has 1 fully saturated rings. The zero-order valence-corrected chi connectivity index (χ0v) is 31.6. The average molecular weight is 702 g/mol. The van der Waals surface area contributed by atoms with E-state index in [1.807, 2.05) is 0 Å². The fraction of sp³-hybridized carbons (Fsp3) is 0.700. The highest BCUT2D eigenvalue weighted by molar-refractivity contribution is 7.74. The third kappa shape index (κ3) is 9.32. The molecular weight excluding hydrogens is 651 g/mol. The topological polar surface area (TPSA) is 159 Å². The van der Waals surface area contributed by atoms with Crippen molar-refractivity contribution < 1.29 is 41.0 Å². The zero-order chi connectivity index (χ0) is 34.8. The Hall–Kier alpha value is -2.03. The Kier molecular flexibility index (Phi) is 12.2. The van der Waals surface area contributed by atoms with Gasteiger partial charge in [-0.1, -0.05) is 53.7 Å². The predicted octanol–water partition coefficient (Wildman–Crippen LogP) is 6.59. The number of benzene rings is 1. The van der Waals surface area contributed by atoms with Crippen LogP contribution in [0.2, 0.25) is 36.3 Å². The summed E-state index contributed by atoms with van der Waals surface area (Å²) in [4.78, 5) is 25.8. The summed E-state index contributed by atoms with van der Waals surface area (Å²) < 4.78 is 52.0. The molecule has 2 N–H and O–H groups in total. The van der Waals surface area contributed by atoms with Crippen molar-refractivity contribution in [3.8, 4) is 0 Å². The standard InChI is InChI=1S/C30H51N3O10SSi2/c1-20(22-14-12-13-15-23(22)33(35)36)39-18-21-17-32(28(34)31-27(21)42-44(37)38)26-16-24(43-46(10,11)30(5,6)7)25(41-26)19-40-45(8,9)29(2,3)4/h12-15,17,20,24-27H,16,18-19H2,1-11H3,(H,31,34)(H,37,38)/t20?,24?,25-,26-,27?/m1/s1. The van der Waals surface area contributed by atoms with Crippen molar-refractivity contribution in [2.75, 3.05) is 13.2 Å². The van der Waals surface area contributed by atoms with Gasteiger partial charge in [0.05, 0.1) is 35.9 Å². The van der Waals surface area contributed by atoms with Gasteiger partial charge in [-0.3, -0.25) is 19.6 Å². The number of nitro groups is 1. The van der Waals surface area contributed by atoms with E-state index in [0.717, 1.165) is 0 Å². The Morgan fingerprint density at radius 2 is 1.74 bits per heavy atom. The first-order valence-electron chi connectivity index (χ1n) is 15.4. The number of ether oxygens (including phenoxy) is 2. The highest BCUT2D eigenvalue weighted by atomic mass is 32.2. The summed E-state index contributed by atoms with van der Waals surface area (Å²) in [6.45, 7) is 23.5. The van der Waals surface area contributed by atoms with E-state index in [1.54, 1.807) is 25.1 Å². The van der Waals surface area contributed by atoms with Crippen molar-refractivity contribution in [2.45, 2.75) is 122 Å². The molecular formula is C30H51N3O10SSi2. The van der Waals surface area contributed by atoms with E-state index in [2.05, 4.69) is 73.0 Å². The van der Waals surface area contributed by atoms with E-state index < -0.39 is 63.6 Å². The molecule has 260 valence electrons. The van der Waals surface area contributed by atoms with Gasteiger partial charge >= 0.3 is 17.4 Å². The van der Waals surface area contributed by atoms with Crippen LogP contribution in [0.1, 0.15) is 66.6 Å². The number of rotatable bonds is 13. The van der Waals surface area contributed by atoms with Crippen LogP contribution in [0, 0.1) is 10.1 Å². The van der Waals surface area contributed by atoms with Crippen molar-refractivity contribution in [3.05, 3.63) is 51.7 Å². The maximum atomic E-state index is 13.4. The van der Waals surface area contributed by atoms with Crippen LogP contribution in [0.5, 0.6) is 0 Å². The monoisotopic (exact) mass is 701 g/mol. The Morgan fingerprint density at radius 1 is 1.13 bits per heavy atom. The van der Waals surface area contributed by atoms with Gasteiger partial charge in [-0.25, -0.2) is 8.98 Å². The summed E-state index contributed by atoms with van der Waals surface area (Å²) in [6.07, 6.45) is -1.62. The van der Waals surface area contributed by atoms with E-state index in [1.165, 1.54) is 17.2 Å². The van der Waals surface area contributed by atoms with Crippen LogP contribution in [0.15, 0.2) is 36.0 Å². The van der Waals surface area contributed by atoms with Crippen LogP contribution in [0.25, 0.3) is 0 Å². The maximum Gasteiger partial charge on any atom is 0.325 e. The molecule has 2 aliphatic rings.